The van der Waals surface area contributed by atoms with Gasteiger partial charge in [-0.2, -0.15) is 4.98 Å². The lowest BCUT2D eigenvalue weighted by atomic mass is 10.1. The van der Waals surface area contributed by atoms with Crippen molar-refractivity contribution in [2.75, 3.05) is 0 Å². The minimum atomic E-state index is -0.850. The highest BCUT2D eigenvalue weighted by Gasteiger charge is 2.22. The number of carboxylic acids is 1. The molecule has 21 heavy (non-hydrogen) atoms. The third-order valence-corrected chi connectivity index (χ3v) is 4.33. The van der Waals surface area contributed by atoms with Gasteiger partial charge in [0, 0.05) is 5.56 Å². The van der Waals surface area contributed by atoms with Crippen molar-refractivity contribution in [1.82, 2.24) is 10.1 Å². The first-order valence-corrected chi connectivity index (χ1v) is 7.45. The normalized spacial score (nSPS) is 12.6. The van der Waals surface area contributed by atoms with Crippen molar-refractivity contribution < 1.29 is 18.8 Å². The summed E-state index contributed by atoms with van der Waals surface area (Å²) in [6.07, 6.45) is 0. The Hall–Kier alpha value is -1.89. The molecular formula is C14H15FN2O3S. The number of thioether (sulfide) groups is 1. The summed E-state index contributed by atoms with van der Waals surface area (Å²) in [5.41, 5.74) is 0.624. The first-order valence-electron chi connectivity index (χ1n) is 6.40. The largest absolute Gasteiger partial charge is 0.480 e. The third kappa shape index (κ3) is 4.04. The maximum Gasteiger partial charge on any atom is 0.316 e. The summed E-state index contributed by atoms with van der Waals surface area (Å²) >= 11 is 1.26. The Labute approximate surface area is 125 Å². The zero-order valence-corrected chi connectivity index (χ0v) is 12.4. The fraction of sp³-hybridized carbons (Fsp3) is 0.357. The zero-order chi connectivity index (χ0) is 15.4. The van der Waals surface area contributed by atoms with Gasteiger partial charge in [0.25, 0.3) is 5.89 Å². The van der Waals surface area contributed by atoms with Crippen LogP contribution in [0.15, 0.2) is 28.8 Å². The molecule has 2 rings (SSSR count). The van der Waals surface area contributed by atoms with Gasteiger partial charge < -0.3 is 9.63 Å². The first kappa shape index (κ1) is 15.5. The molecule has 5 nitrogen and oxygen atoms in total. The van der Waals surface area contributed by atoms with Crippen molar-refractivity contribution in [1.29, 1.82) is 0 Å². The highest BCUT2D eigenvalue weighted by molar-refractivity contribution is 7.99. The predicted octanol–water partition coefficient (Wildman–Crippen LogP) is 3.22. The number of benzene rings is 1. The maximum atomic E-state index is 12.8. The molecule has 1 aromatic heterocycles. The zero-order valence-electron chi connectivity index (χ0n) is 11.6. The summed E-state index contributed by atoms with van der Waals surface area (Å²) in [6, 6.07) is 5.72. The van der Waals surface area contributed by atoms with Gasteiger partial charge in [-0.1, -0.05) is 19.0 Å². The van der Waals surface area contributed by atoms with Crippen molar-refractivity contribution in [2.24, 2.45) is 5.92 Å². The molecule has 0 fully saturated rings. The summed E-state index contributed by atoms with van der Waals surface area (Å²) < 4.78 is 17.9. The van der Waals surface area contributed by atoms with E-state index in [-0.39, 0.29) is 11.7 Å². The summed E-state index contributed by atoms with van der Waals surface area (Å²) in [5.74, 6) is -0.114. The second kappa shape index (κ2) is 6.71. The van der Waals surface area contributed by atoms with Crippen LogP contribution in [-0.2, 0) is 10.5 Å². The summed E-state index contributed by atoms with van der Waals surface area (Å²) in [7, 11) is 0. The molecule has 1 unspecified atom stereocenters. The van der Waals surface area contributed by atoms with Crippen LogP contribution in [0, 0.1) is 11.7 Å². The Bertz CT molecular complexity index is 613. The van der Waals surface area contributed by atoms with Gasteiger partial charge in [0.15, 0.2) is 5.82 Å². The average Bonchev–Trinajstić information content (AvgIpc) is 2.87. The number of rotatable bonds is 6. The second-order valence-electron chi connectivity index (χ2n) is 4.84. The number of aromatic nitrogens is 2. The molecule has 0 aliphatic carbocycles. The van der Waals surface area contributed by atoms with E-state index in [1.165, 1.54) is 23.9 Å². The molecule has 0 saturated heterocycles. The Balaban J connectivity index is 2.03. The number of aliphatic carboxylic acids is 1. The lowest BCUT2D eigenvalue weighted by Crippen LogP contribution is -2.22. The molecule has 0 bridgehead atoms. The molecule has 7 heteroatoms. The maximum absolute atomic E-state index is 12.8. The topological polar surface area (TPSA) is 76.2 Å². The van der Waals surface area contributed by atoms with E-state index in [2.05, 4.69) is 10.1 Å². The highest BCUT2D eigenvalue weighted by atomic mass is 32.2. The Kier molecular flexibility index (Phi) is 4.95. The molecule has 0 aliphatic heterocycles. The smallest absolute Gasteiger partial charge is 0.316 e. The van der Waals surface area contributed by atoms with Gasteiger partial charge in [-0.25, -0.2) is 4.39 Å². The molecule has 1 atom stereocenters. The molecule has 0 aliphatic rings. The molecule has 0 spiro atoms. The summed E-state index contributed by atoms with van der Waals surface area (Å²) in [5, 5.41) is 12.4. The minimum Gasteiger partial charge on any atom is -0.480 e. The number of halogens is 1. The lowest BCUT2D eigenvalue weighted by Gasteiger charge is -2.14. The van der Waals surface area contributed by atoms with E-state index in [0.717, 1.165) is 0 Å². The van der Waals surface area contributed by atoms with Crippen molar-refractivity contribution in [3.8, 4) is 11.5 Å². The van der Waals surface area contributed by atoms with Gasteiger partial charge >= 0.3 is 5.97 Å². The van der Waals surface area contributed by atoms with E-state index in [1.807, 2.05) is 13.8 Å². The molecule has 0 radical (unpaired) electrons. The summed E-state index contributed by atoms with van der Waals surface area (Å²) in [6.45, 7) is 3.71. The number of hydrogen-bond donors (Lipinski definition) is 1. The van der Waals surface area contributed by atoms with E-state index in [4.69, 9.17) is 9.63 Å². The molecule has 1 heterocycles. The summed E-state index contributed by atoms with van der Waals surface area (Å²) in [4.78, 5) is 15.3. The monoisotopic (exact) mass is 310 g/mol. The molecule has 112 valence electrons. The van der Waals surface area contributed by atoms with Crippen LogP contribution in [0.5, 0.6) is 0 Å². The molecular weight excluding hydrogens is 295 g/mol. The highest BCUT2D eigenvalue weighted by Crippen LogP contribution is 2.24. The van der Waals surface area contributed by atoms with E-state index >= 15 is 0 Å². The molecule has 0 amide bonds. The average molecular weight is 310 g/mol. The second-order valence-corrected chi connectivity index (χ2v) is 5.97. The predicted molar refractivity (Wildman–Crippen MR) is 77.2 cm³/mol. The number of carbonyl (C=O) groups is 1. The SMILES string of the molecule is CC(C)C(SCc1noc(-c2ccc(F)cc2)n1)C(=O)O. The first-order chi connectivity index (χ1) is 9.97. The van der Waals surface area contributed by atoms with Gasteiger partial charge in [-0.05, 0) is 30.2 Å². The van der Waals surface area contributed by atoms with Gasteiger partial charge in [-0.15, -0.1) is 11.8 Å². The molecule has 1 N–H and O–H groups in total. The molecule has 2 aromatic rings. The fourth-order valence-electron chi connectivity index (χ4n) is 1.74. The van der Waals surface area contributed by atoms with Gasteiger partial charge in [0.05, 0.1) is 5.75 Å². The van der Waals surface area contributed by atoms with E-state index in [1.54, 1.807) is 12.1 Å². The third-order valence-electron chi connectivity index (χ3n) is 2.80. The van der Waals surface area contributed by atoms with Crippen molar-refractivity contribution in [2.45, 2.75) is 24.9 Å². The fourth-order valence-corrected chi connectivity index (χ4v) is 2.71. The molecule has 1 aromatic carbocycles. The standard InChI is InChI=1S/C14H15FN2O3S/c1-8(2)12(14(18)19)21-7-11-16-13(20-17-11)9-3-5-10(15)6-4-9/h3-6,8,12H,7H2,1-2H3,(H,18,19). The van der Waals surface area contributed by atoms with E-state index in [0.29, 0.717) is 23.0 Å². The molecule has 0 saturated carbocycles. The number of carboxylic acid groups (broad SMARTS) is 1. The van der Waals surface area contributed by atoms with Crippen LogP contribution in [0.2, 0.25) is 0 Å². The van der Waals surface area contributed by atoms with Crippen LogP contribution in [0.1, 0.15) is 19.7 Å². The van der Waals surface area contributed by atoms with Crippen LogP contribution in [0.3, 0.4) is 0 Å². The number of nitrogens with zero attached hydrogens (tertiary/aromatic N) is 2. The van der Waals surface area contributed by atoms with Crippen LogP contribution in [0.4, 0.5) is 4.39 Å². The van der Waals surface area contributed by atoms with Gasteiger partial charge in [-0.3, -0.25) is 4.79 Å². The van der Waals surface area contributed by atoms with E-state index < -0.39 is 11.2 Å². The van der Waals surface area contributed by atoms with Gasteiger partial charge in [0.1, 0.15) is 11.1 Å². The van der Waals surface area contributed by atoms with Crippen molar-refractivity contribution in [3.05, 3.63) is 35.9 Å². The lowest BCUT2D eigenvalue weighted by molar-refractivity contribution is -0.137. The van der Waals surface area contributed by atoms with E-state index in [9.17, 15) is 9.18 Å². The van der Waals surface area contributed by atoms with Crippen molar-refractivity contribution >= 4 is 17.7 Å². The van der Waals surface area contributed by atoms with Crippen LogP contribution >= 0.6 is 11.8 Å². The minimum absolute atomic E-state index is 0.0102. The van der Waals surface area contributed by atoms with Crippen molar-refractivity contribution in [3.63, 3.8) is 0 Å². The Morgan fingerprint density at radius 1 is 1.38 bits per heavy atom. The number of hydrogen-bond acceptors (Lipinski definition) is 5. The quantitative estimate of drug-likeness (QED) is 0.883. The van der Waals surface area contributed by atoms with Crippen LogP contribution in [-0.4, -0.2) is 26.5 Å². The Morgan fingerprint density at radius 3 is 2.62 bits per heavy atom. The Morgan fingerprint density at radius 2 is 2.05 bits per heavy atom. The van der Waals surface area contributed by atoms with Crippen LogP contribution < -0.4 is 0 Å². The van der Waals surface area contributed by atoms with Gasteiger partial charge in [0.2, 0.25) is 0 Å². The van der Waals surface area contributed by atoms with Crippen LogP contribution in [0.25, 0.3) is 11.5 Å².